The van der Waals surface area contributed by atoms with E-state index in [9.17, 15) is 14.4 Å². The molecule has 2 aliphatic heterocycles. The van der Waals surface area contributed by atoms with Crippen LogP contribution in [0.2, 0.25) is 0 Å². The number of carboxylic acid groups (broad SMARTS) is 1. The molecule has 2 heterocycles. The number of nitrogens with zero attached hydrogens (tertiary/aromatic N) is 2. The Bertz CT molecular complexity index is 735. The molecular formula is C21H29N3O4. The van der Waals surface area contributed by atoms with E-state index in [0.717, 1.165) is 63.0 Å². The highest BCUT2D eigenvalue weighted by atomic mass is 16.4. The number of piperidine rings is 1. The van der Waals surface area contributed by atoms with Crippen LogP contribution in [0.1, 0.15) is 47.2 Å². The Morgan fingerprint density at radius 3 is 2.43 bits per heavy atom. The van der Waals surface area contributed by atoms with Crippen molar-refractivity contribution in [2.45, 2.75) is 39.2 Å². The Morgan fingerprint density at radius 1 is 1.11 bits per heavy atom. The molecule has 7 nitrogen and oxygen atoms in total. The molecule has 3 rings (SSSR count). The number of carbonyl (C=O) groups is 3. The van der Waals surface area contributed by atoms with Crippen LogP contribution in [0.4, 0.5) is 0 Å². The van der Waals surface area contributed by atoms with Crippen LogP contribution >= 0.6 is 0 Å². The molecule has 2 aliphatic rings. The third-order valence-corrected chi connectivity index (χ3v) is 5.79. The zero-order valence-corrected chi connectivity index (χ0v) is 16.4. The predicted octanol–water partition coefficient (Wildman–Crippen LogP) is 1.64. The second kappa shape index (κ2) is 9.19. The third-order valence-electron chi connectivity index (χ3n) is 5.79. The number of nitrogens with one attached hydrogen (secondary N) is 1. The predicted molar refractivity (Wildman–Crippen MR) is 105 cm³/mol. The summed E-state index contributed by atoms with van der Waals surface area (Å²) >= 11 is 0. The summed E-state index contributed by atoms with van der Waals surface area (Å²) in [7, 11) is 0. The summed E-state index contributed by atoms with van der Waals surface area (Å²) in [4.78, 5) is 40.0. The van der Waals surface area contributed by atoms with Crippen molar-refractivity contribution >= 4 is 17.8 Å². The summed E-state index contributed by atoms with van der Waals surface area (Å²) in [5.74, 6) is -0.669. The van der Waals surface area contributed by atoms with E-state index < -0.39 is 5.97 Å². The third kappa shape index (κ3) is 5.10. The van der Waals surface area contributed by atoms with E-state index in [2.05, 4.69) is 10.2 Å². The van der Waals surface area contributed by atoms with Crippen molar-refractivity contribution < 1.29 is 19.5 Å². The standard InChI is InChI=1S/C21H29N3O4/c1-15-4-5-17(21(27)28)12-18(15)13-22-19(25)14-23-10-6-16(7-11-23)20(26)24-8-2-3-9-24/h4-5,12,16H,2-3,6-11,13-14H2,1H3,(H,22,25)(H,27,28). The summed E-state index contributed by atoms with van der Waals surface area (Å²) in [5.41, 5.74) is 1.98. The Kier molecular flexibility index (Phi) is 6.67. The first kappa shape index (κ1) is 20.3. The SMILES string of the molecule is Cc1ccc(C(=O)O)cc1CNC(=O)CN1CCC(C(=O)N2CCCC2)CC1. The van der Waals surface area contributed by atoms with Crippen molar-refractivity contribution in [3.8, 4) is 0 Å². The molecule has 7 heteroatoms. The van der Waals surface area contributed by atoms with Crippen LogP contribution in [0, 0.1) is 12.8 Å². The highest BCUT2D eigenvalue weighted by molar-refractivity contribution is 5.88. The second-order valence-electron chi connectivity index (χ2n) is 7.81. The summed E-state index contributed by atoms with van der Waals surface area (Å²) in [5, 5.41) is 12.0. The van der Waals surface area contributed by atoms with Crippen LogP contribution < -0.4 is 5.32 Å². The lowest BCUT2D eigenvalue weighted by molar-refractivity contribution is -0.136. The van der Waals surface area contributed by atoms with Crippen LogP contribution in [-0.4, -0.2) is 65.4 Å². The highest BCUT2D eigenvalue weighted by Crippen LogP contribution is 2.22. The molecule has 0 radical (unpaired) electrons. The molecule has 0 aliphatic carbocycles. The van der Waals surface area contributed by atoms with Gasteiger partial charge in [0.1, 0.15) is 0 Å². The first-order valence-electron chi connectivity index (χ1n) is 10.0. The number of amides is 2. The molecule has 152 valence electrons. The van der Waals surface area contributed by atoms with Crippen LogP contribution in [0.25, 0.3) is 0 Å². The van der Waals surface area contributed by atoms with Crippen molar-refractivity contribution in [1.82, 2.24) is 15.1 Å². The second-order valence-corrected chi connectivity index (χ2v) is 7.81. The minimum atomic E-state index is -0.973. The quantitative estimate of drug-likeness (QED) is 0.775. The molecule has 1 aromatic carbocycles. The number of aryl methyl sites for hydroxylation is 1. The van der Waals surface area contributed by atoms with Gasteiger partial charge in [-0.3, -0.25) is 14.5 Å². The lowest BCUT2D eigenvalue weighted by Gasteiger charge is -2.32. The smallest absolute Gasteiger partial charge is 0.335 e. The monoisotopic (exact) mass is 387 g/mol. The van der Waals surface area contributed by atoms with Gasteiger partial charge in [-0.25, -0.2) is 4.79 Å². The fraction of sp³-hybridized carbons (Fsp3) is 0.571. The van der Waals surface area contributed by atoms with E-state index in [1.807, 2.05) is 11.8 Å². The molecule has 1 aromatic rings. The average Bonchev–Trinajstić information content (AvgIpc) is 3.22. The Morgan fingerprint density at radius 2 is 1.79 bits per heavy atom. The first-order chi connectivity index (χ1) is 13.4. The number of aromatic carboxylic acids is 1. The van der Waals surface area contributed by atoms with Gasteiger partial charge in [0, 0.05) is 25.6 Å². The van der Waals surface area contributed by atoms with Crippen molar-refractivity contribution in [3.05, 3.63) is 34.9 Å². The maximum absolute atomic E-state index is 12.5. The molecule has 2 amide bonds. The lowest BCUT2D eigenvalue weighted by Crippen LogP contribution is -2.44. The number of carboxylic acids is 1. The summed E-state index contributed by atoms with van der Waals surface area (Å²) < 4.78 is 0. The number of rotatable bonds is 6. The van der Waals surface area contributed by atoms with Crippen LogP contribution in [-0.2, 0) is 16.1 Å². The van der Waals surface area contributed by atoms with Gasteiger partial charge in [-0.15, -0.1) is 0 Å². The van der Waals surface area contributed by atoms with E-state index in [1.165, 1.54) is 0 Å². The van der Waals surface area contributed by atoms with Crippen molar-refractivity contribution in [1.29, 1.82) is 0 Å². The molecule has 2 saturated heterocycles. The number of carbonyl (C=O) groups excluding carboxylic acids is 2. The number of hydrogen-bond acceptors (Lipinski definition) is 4. The molecule has 0 aromatic heterocycles. The van der Waals surface area contributed by atoms with E-state index in [1.54, 1.807) is 18.2 Å². The van der Waals surface area contributed by atoms with Gasteiger partial charge in [0.25, 0.3) is 0 Å². The minimum absolute atomic E-state index is 0.0792. The van der Waals surface area contributed by atoms with Crippen LogP contribution in [0.5, 0.6) is 0 Å². The van der Waals surface area contributed by atoms with Gasteiger partial charge < -0.3 is 15.3 Å². The summed E-state index contributed by atoms with van der Waals surface area (Å²) in [6.07, 6.45) is 3.84. The molecule has 0 bridgehead atoms. The van der Waals surface area contributed by atoms with E-state index in [0.29, 0.717) is 13.1 Å². The van der Waals surface area contributed by atoms with E-state index >= 15 is 0 Å². The largest absolute Gasteiger partial charge is 0.478 e. The Labute approximate surface area is 165 Å². The van der Waals surface area contributed by atoms with Gasteiger partial charge in [-0.05, 0) is 69.0 Å². The average molecular weight is 387 g/mol. The van der Waals surface area contributed by atoms with Gasteiger partial charge >= 0.3 is 5.97 Å². The molecular weight excluding hydrogens is 358 g/mol. The van der Waals surface area contributed by atoms with Gasteiger partial charge in [0.05, 0.1) is 12.1 Å². The minimum Gasteiger partial charge on any atom is -0.478 e. The molecule has 0 spiro atoms. The maximum Gasteiger partial charge on any atom is 0.335 e. The molecule has 2 fully saturated rings. The molecule has 0 atom stereocenters. The number of likely N-dealkylation sites (tertiary alicyclic amines) is 2. The fourth-order valence-corrected chi connectivity index (χ4v) is 3.98. The number of hydrogen-bond donors (Lipinski definition) is 2. The molecule has 0 unspecified atom stereocenters. The first-order valence-corrected chi connectivity index (χ1v) is 10.0. The topological polar surface area (TPSA) is 90.0 Å². The molecule has 0 saturated carbocycles. The fourth-order valence-electron chi connectivity index (χ4n) is 3.98. The summed E-state index contributed by atoms with van der Waals surface area (Å²) in [6, 6.07) is 4.93. The van der Waals surface area contributed by atoms with E-state index in [-0.39, 0.29) is 23.3 Å². The molecule has 28 heavy (non-hydrogen) atoms. The van der Waals surface area contributed by atoms with Gasteiger partial charge in [0.15, 0.2) is 0 Å². The lowest BCUT2D eigenvalue weighted by atomic mass is 9.95. The Balaban J connectivity index is 1.43. The highest BCUT2D eigenvalue weighted by Gasteiger charge is 2.30. The summed E-state index contributed by atoms with van der Waals surface area (Å²) in [6.45, 7) is 5.82. The van der Waals surface area contributed by atoms with Crippen molar-refractivity contribution in [2.24, 2.45) is 5.92 Å². The zero-order valence-electron chi connectivity index (χ0n) is 16.4. The van der Waals surface area contributed by atoms with Gasteiger partial charge in [-0.2, -0.15) is 0 Å². The van der Waals surface area contributed by atoms with Crippen LogP contribution in [0.3, 0.4) is 0 Å². The van der Waals surface area contributed by atoms with Crippen LogP contribution in [0.15, 0.2) is 18.2 Å². The van der Waals surface area contributed by atoms with Gasteiger partial charge in [0.2, 0.25) is 11.8 Å². The van der Waals surface area contributed by atoms with Crippen molar-refractivity contribution in [2.75, 3.05) is 32.7 Å². The Hall–Kier alpha value is -2.41. The number of benzene rings is 1. The maximum atomic E-state index is 12.5. The molecule has 2 N–H and O–H groups in total. The van der Waals surface area contributed by atoms with Gasteiger partial charge in [-0.1, -0.05) is 6.07 Å². The zero-order chi connectivity index (χ0) is 20.1. The van der Waals surface area contributed by atoms with Crippen molar-refractivity contribution in [3.63, 3.8) is 0 Å². The normalized spacial score (nSPS) is 18.2. The van der Waals surface area contributed by atoms with E-state index in [4.69, 9.17) is 5.11 Å².